The van der Waals surface area contributed by atoms with E-state index in [9.17, 15) is 14.4 Å². The number of nitrogens with zero attached hydrogens (tertiary/aromatic N) is 2. The molecule has 1 atom stereocenters. The van der Waals surface area contributed by atoms with E-state index in [1.54, 1.807) is 68.9 Å². The first kappa shape index (κ1) is 27.9. The van der Waals surface area contributed by atoms with E-state index in [4.69, 9.17) is 9.47 Å². The number of hydrogen-bond acceptors (Lipinski definition) is 7. The topological polar surface area (TPSA) is 97.3 Å². The number of rotatable bonds is 9. The molecule has 1 N–H and O–H groups in total. The second-order valence-electron chi connectivity index (χ2n) is 9.94. The summed E-state index contributed by atoms with van der Waals surface area (Å²) in [6, 6.07) is 24.1. The van der Waals surface area contributed by atoms with Gasteiger partial charge in [0.1, 0.15) is 16.7 Å². The molecule has 1 saturated heterocycles. The lowest BCUT2D eigenvalue weighted by molar-refractivity contribution is -0.157. The molecule has 3 aromatic rings. The van der Waals surface area contributed by atoms with Crippen molar-refractivity contribution in [3.63, 3.8) is 0 Å². The number of benzene rings is 3. The fourth-order valence-electron chi connectivity index (χ4n) is 3.87. The standard InChI is InChI=1S/C30H31N3O5S/c1-30(2,3)38-27(35)19-37-25-15-9-21(10-16-25)17-31-32-28(36)23-11-13-24(14-12-23)29-33(26(34)20-39-29)18-22-7-5-4-6-8-22/h4-17,29H,18-20H2,1-3H3,(H,32,36)/b31-17-/t29-/m0/s1. The zero-order chi connectivity index (χ0) is 27.8. The molecule has 3 aromatic carbocycles. The van der Waals surface area contributed by atoms with Gasteiger partial charge in [0.2, 0.25) is 5.91 Å². The van der Waals surface area contributed by atoms with Crippen LogP contribution in [0.3, 0.4) is 0 Å². The number of carbonyl (C=O) groups is 3. The van der Waals surface area contributed by atoms with Crippen molar-refractivity contribution >= 4 is 35.8 Å². The predicted octanol–water partition coefficient (Wildman–Crippen LogP) is 4.95. The lowest BCUT2D eigenvalue weighted by atomic mass is 10.1. The average molecular weight is 546 g/mol. The van der Waals surface area contributed by atoms with Crippen molar-refractivity contribution in [2.45, 2.75) is 38.3 Å². The number of hydrogen-bond donors (Lipinski definition) is 1. The average Bonchev–Trinajstić information content (AvgIpc) is 3.27. The highest BCUT2D eigenvalue weighted by atomic mass is 32.2. The van der Waals surface area contributed by atoms with E-state index in [0.717, 1.165) is 16.7 Å². The lowest BCUT2D eigenvalue weighted by Crippen LogP contribution is -2.27. The van der Waals surface area contributed by atoms with Crippen LogP contribution in [0.2, 0.25) is 0 Å². The van der Waals surface area contributed by atoms with Crippen LogP contribution in [0.25, 0.3) is 0 Å². The molecule has 0 bridgehead atoms. The van der Waals surface area contributed by atoms with E-state index in [1.807, 2.05) is 47.4 Å². The largest absolute Gasteiger partial charge is 0.482 e. The van der Waals surface area contributed by atoms with Crippen LogP contribution in [0.5, 0.6) is 5.75 Å². The zero-order valence-electron chi connectivity index (χ0n) is 22.1. The van der Waals surface area contributed by atoms with Crippen LogP contribution < -0.4 is 10.2 Å². The highest BCUT2D eigenvalue weighted by Gasteiger charge is 2.32. The molecule has 0 aliphatic carbocycles. The van der Waals surface area contributed by atoms with Gasteiger partial charge in [0.05, 0.1) is 12.0 Å². The van der Waals surface area contributed by atoms with Gasteiger partial charge < -0.3 is 14.4 Å². The first-order valence-electron chi connectivity index (χ1n) is 12.5. The zero-order valence-corrected chi connectivity index (χ0v) is 22.9. The fraction of sp³-hybridized carbons (Fsp3) is 0.267. The summed E-state index contributed by atoms with van der Waals surface area (Å²) in [5.41, 5.74) is 5.22. The summed E-state index contributed by atoms with van der Waals surface area (Å²) >= 11 is 1.58. The van der Waals surface area contributed by atoms with Crippen molar-refractivity contribution in [1.29, 1.82) is 0 Å². The molecule has 0 spiro atoms. The Morgan fingerprint density at radius 2 is 1.72 bits per heavy atom. The summed E-state index contributed by atoms with van der Waals surface area (Å²) < 4.78 is 10.7. The monoisotopic (exact) mass is 545 g/mol. The van der Waals surface area contributed by atoms with Crippen LogP contribution in [0, 0.1) is 0 Å². The highest BCUT2D eigenvalue weighted by Crippen LogP contribution is 2.39. The molecule has 0 unspecified atom stereocenters. The Morgan fingerprint density at radius 3 is 2.38 bits per heavy atom. The van der Waals surface area contributed by atoms with Gasteiger partial charge in [0.15, 0.2) is 6.61 Å². The molecule has 202 valence electrons. The van der Waals surface area contributed by atoms with Gasteiger partial charge >= 0.3 is 5.97 Å². The molecule has 0 saturated carbocycles. The second kappa shape index (κ2) is 12.6. The van der Waals surface area contributed by atoms with Crippen molar-refractivity contribution < 1.29 is 23.9 Å². The Kier molecular flexibility index (Phi) is 9.03. The van der Waals surface area contributed by atoms with Crippen molar-refractivity contribution in [3.05, 3.63) is 101 Å². The third-order valence-corrected chi connectivity index (χ3v) is 6.91. The maximum atomic E-state index is 12.6. The first-order chi connectivity index (χ1) is 18.7. The Morgan fingerprint density at radius 1 is 1.03 bits per heavy atom. The van der Waals surface area contributed by atoms with E-state index in [2.05, 4.69) is 10.5 Å². The van der Waals surface area contributed by atoms with Crippen molar-refractivity contribution in [2.24, 2.45) is 5.10 Å². The number of amides is 2. The first-order valence-corrected chi connectivity index (χ1v) is 13.6. The molecule has 1 fully saturated rings. The van der Waals surface area contributed by atoms with Crippen molar-refractivity contribution in [1.82, 2.24) is 10.3 Å². The normalized spacial score (nSPS) is 15.4. The van der Waals surface area contributed by atoms with Gasteiger partial charge in [-0.1, -0.05) is 42.5 Å². The summed E-state index contributed by atoms with van der Waals surface area (Å²) in [7, 11) is 0. The molecule has 1 aliphatic heterocycles. The number of hydrazone groups is 1. The minimum Gasteiger partial charge on any atom is -0.482 e. The molecule has 4 rings (SSSR count). The second-order valence-corrected chi connectivity index (χ2v) is 11.0. The van der Waals surface area contributed by atoms with Crippen LogP contribution in [0.1, 0.15) is 53.2 Å². The van der Waals surface area contributed by atoms with Crippen LogP contribution in [0.4, 0.5) is 0 Å². The Bertz CT molecular complexity index is 1320. The van der Waals surface area contributed by atoms with Gasteiger partial charge in [-0.3, -0.25) is 9.59 Å². The van der Waals surface area contributed by atoms with Gasteiger partial charge in [-0.25, -0.2) is 10.2 Å². The molecule has 39 heavy (non-hydrogen) atoms. The number of ether oxygens (including phenoxy) is 2. The summed E-state index contributed by atoms with van der Waals surface area (Å²) in [5, 5.41) is 3.94. The summed E-state index contributed by atoms with van der Waals surface area (Å²) in [6.45, 7) is 5.76. The van der Waals surface area contributed by atoms with E-state index < -0.39 is 11.6 Å². The lowest BCUT2D eigenvalue weighted by Gasteiger charge is -2.24. The maximum Gasteiger partial charge on any atom is 0.344 e. The molecule has 9 heteroatoms. The minimum atomic E-state index is -0.563. The van der Waals surface area contributed by atoms with E-state index in [1.165, 1.54) is 6.21 Å². The Balaban J connectivity index is 1.28. The molecule has 1 heterocycles. The fourth-order valence-corrected chi connectivity index (χ4v) is 5.06. The molecule has 8 nitrogen and oxygen atoms in total. The molecular weight excluding hydrogens is 514 g/mol. The van der Waals surface area contributed by atoms with Gasteiger partial charge in [0.25, 0.3) is 5.91 Å². The predicted molar refractivity (Wildman–Crippen MR) is 151 cm³/mol. The summed E-state index contributed by atoms with van der Waals surface area (Å²) in [6.07, 6.45) is 1.52. The van der Waals surface area contributed by atoms with Crippen LogP contribution in [0.15, 0.2) is 84.0 Å². The van der Waals surface area contributed by atoms with E-state index in [0.29, 0.717) is 23.6 Å². The van der Waals surface area contributed by atoms with E-state index >= 15 is 0 Å². The van der Waals surface area contributed by atoms with Gasteiger partial charge in [-0.2, -0.15) is 5.10 Å². The summed E-state index contributed by atoms with van der Waals surface area (Å²) in [5.74, 6) is 0.278. The number of esters is 1. The number of thioether (sulfide) groups is 1. The summed E-state index contributed by atoms with van der Waals surface area (Å²) in [4.78, 5) is 38.7. The molecular formula is C30H31N3O5S. The number of carbonyl (C=O) groups excluding carboxylic acids is 3. The van der Waals surface area contributed by atoms with Gasteiger partial charge in [-0.05, 0) is 73.9 Å². The molecule has 0 aromatic heterocycles. The Labute approximate surface area is 232 Å². The third-order valence-electron chi connectivity index (χ3n) is 5.66. The highest BCUT2D eigenvalue weighted by molar-refractivity contribution is 8.00. The third kappa shape index (κ3) is 8.19. The SMILES string of the molecule is CC(C)(C)OC(=O)COc1ccc(/C=N\NC(=O)c2ccc([C@@H]3SCC(=O)N3Cc3ccccc3)cc2)cc1. The van der Waals surface area contributed by atoms with Crippen molar-refractivity contribution in [3.8, 4) is 5.75 Å². The molecule has 0 radical (unpaired) electrons. The van der Waals surface area contributed by atoms with Crippen molar-refractivity contribution in [2.75, 3.05) is 12.4 Å². The van der Waals surface area contributed by atoms with Crippen LogP contribution in [-0.2, 0) is 20.9 Å². The quantitative estimate of drug-likeness (QED) is 0.232. The van der Waals surface area contributed by atoms with E-state index in [-0.39, 0.29) is 23.8 Å². The van der Waals surface area contributed by atoms with Gasteiger partial charge in [-0.15, -0.1) is 11.8 Å². The van der Waals surface area contributed by atoms with Gasteiger partial charge in [0, 0.05) is 12.1 Å². The molecule has 2 amide bonds. The smallest absolute Gasteiger partial charge is 0.344 e. The van der Waals surface area contributed by atoms with Crippen LogP contribution >= 0.6 is 11.8 Å². The maximum absolute atomic E-state index is 12.6. The Hall–Kier alpha value is -4.11. The number of nitrogens with one attached hydrogen (secondary N) is 1. The minimum absolute atomic E-state index is 0.0936. The molecule has 1 aliphatic rings. The van der Waals surface area contributed by atoms with Crippen LogP contribution in [-0.4, -0.2) is 46.9 Å².